The van der Waals surface area contributed by atoms with Crippen molar-refractivity contribution in [2.24, 2.45) is 0 Å². The fraction of sp³-hybridized carbons (Fsp3) is 0.182. The molecule has 0 spiro atoms. The minimum Gasteiger partial charge on any atom is -0.342 e. The topological polar surface area (TPSA) is 28.7 Å². The Morgan fingerprint density at radius 3 is 2.64 bits per heavy atom. The number of imidazole rings is 1. The summed E-state index contributed by atoms with van der Waals surface area (Å²) in [5.74, 6) is 0.911. The van der Waals surface area contributed by atoms with Crippen LogP contribution in [0, 0.1) is 13.8 Å². The van der Waals surface area contributed by atoms with Gasteiger partial charge in [-0.05, 0) is 31.5 Å². The van der Waals surface area contributed by atoms with Gasteiger partial charge in [0.05, 0.1) is 0 Å². The first-order chi connectivity index (χ1) is 6.66. The van der Waals surface area contributed by atoms with E-state index in [9.17, 15) is 0 Å². The fourth-order valence-corrected chi connectivity index (χ4v) is 2.04. The molecule has 0 saturated heterocycles. The molecular weight excluding hydrogens is 240 g/mol. The SMILES string of the molecule is Cc1ccc(-c2ncc(C)[nH]2)c(Br)c1. The lowest BCUT2D eigenvalue weighted by molar-refractivity contribution is 1.25. The van der Waals surface area contributed by atoms with Crippen LogP contribution in [0.15, 0.2) is 28.9 Å². The van der Waals surface area contributed by atoms with Crippen molar-refractivity contribution in [1.29, 1.82) is 0 Å². The van der Waals surface area contributed by atoms with Crippen LogP contribution in [0.4, 0.5) is 0 Å². The monoisotopic (exact) mass is 250 g/mol. The van der Waals surface area contributed by atoms with Gasteiger partial charge in [-0.15, -0.1) is 0 Å². The number of aromatic nitrogens is 2. The highest BCUT2D eigenvalue weighted by Crippen LogP contribution is 2.26. The van der Waals surface area contributed by atoms with Crippen LogP contribution < -0.4 is 0 Å². The lowest BCUT2D eigenvalue weighted by atomic mass is 10.1. The second-order valence-corrected chi connectivity index (χ2v) is 4.25. The number of nitrogens with one attached hydrogen (secondary N) is 1. The molecule has 0 fully saturated rings. The molecule has 1 aromatic carbocycles. The molecule has 0 saturated carbocycles. The third kappa shape index (κ3) is 1.73. The molecule has 0 radical (unpaired) electrons. The normalized spacial score (nSPS) is 10.5. The number of aryl methyl sites for hydroxylation is 2. The van der Waals surface area contributed by atoms with Crippen molar-refractivity contribution in [1.82, 2.24) is 9.97 Å². The third-order valence-corrected chi connectivity index (χ3v) is 2.74. The molecule has 0 atom stereocenters. The molecule has 14 heavy (non-hydrogen) atoms. The molecule has 0 aliphatic carbocycles. The van der Waals surface area contributed by atoms with Crippen LogP contribution in [-0.2, 0) is 0 Å². The first-order valence-corrected chi connectivity index (χ1v) is 5.24. The van der Waals surface area contributed by atoms with E-state index in [0.29, 0.717) is 0 Å². The summed E-state index contributed by atoms with van der Waals surface area (Å²) < 4.78 is 1.08. The Balaban J connectivity index is 2.52. The number of rotatable bonds is 1. The lowest BCUT2D eigenvalue weighted by Gasteiger charge is -2.01. The highest BCUT2D eigenvalue weighted by atomic mass is 79.9. The van der Waals surface area contributed by atoms with Gasteiger partial charge in [0.15, 0.2) is 0 Å². The summed E-state index contributed by atoms with van der Waals surface area (Å²) in [5, 5.41) is 0. The van der Waals surface area contributed by atoms with Crippen molar-refractivity contribution in [3.63, 3.8) is 0 Å². The molecule has 3 heteroatoms. The molecule has 0 aliphatic rings. The quantitative estimate of drug-likeness (QED) is 0.826. The zero-order chi connectivity index (χ0) is 10.1. The molecule has 1 N–H and O–H groups in total. The molecule has 1 heterocycles. The third-order valence-electron chi connectivity index (χ3n) is 2.08. The number of hydrogen-bond acceptors (Lipinski definition) is 1. The van der Waals surface area contributed by atoms with Gasteiger partial charge in [0.2, 0.25) is 0 Å². The van der Waals surface area contributed by atoms with Crippen LogP contribution in [-0.4, -0.2) is 9.97 Å². The number of H-pyrrole nitrogens is 1. The number of nitrogens with zero attached hydrogens (tertiary/aromatic N) is 1. The second-order valence-electron chi connectivity index (χ2n) is 3.40. The maximum absolute atomic E-state index is 4.29. The van der Waals surface area contributed by atoms with Gasteiger partial charge in [-0.1, -0.05) is 22.0 Å². The van der Waals surface area contributed by atoms with E-state index in [-0.39, 0.29) is 0 Å². The van der Waals surface area contributed by atoms with E-state index in [1.807, 2.05) is 13.1 Å². The number of hydrogen-bond donors (Lipinski definition) is 1. The van der Waals surface area contributed by atoms with Crippen molar-refractivity contribution in [2.45, 2.75) is 13.8 Å². The summed E-state index contributed by atoms with van der Waals surface area (Å²) in [6.45, 7) is 4.07. The standard InChI is InChI=1S/C11H11BrN2/c1-7-3-4-9(10(12)5-7)11-13-6-8(2)14-11/h3-6H,1-2H3,(H,13,14). The Morgan fingerprint density at radius 2 is 2.07 bits per heavy atom. The van der Waals surface area contributed by atoms with E-state index >= 15 is 0 Å². The minimum atomic E-state index is 0.911. The number of benzene rings is 1. The number of aromatic amines is 1. The maximum Gasteiger partial charge on any atom is 0.138 e. The average molecular weight is 251 g/mol. The zero-order valence-corrected chi connectivity index (χ0v) is 9.72. The van der Waals surface area contributed by atoms with E-state index in [1.54, 1.807) is 0 Å². The molecule has 72 valence electrons. The fourth-order valence-electron chi connectivity index (χ4n) is 1.36. The van der Waals surface area contributed by atoms with E-state index in [4.69, 9.17) is 0 Å². The molecule has 2 aromatic rings. The molecule has 2 nitrogen and oxygen atoms in total. The van der Waals surface area contributed by atoms with Crippen LogP contribution in [0.25, 0.3) is 11.4 Å². The van der Waals surface area contributed by atoms with E-state index in [1.165, 1.54) is 5.56 Å². The molecule has 0 aliphatic heterocycles. The Morgan fingerprint density at radius 1 is 1.29 bits per heavy atom. The van der Waals surface area contributed by atoms with E-state index < -0.39 is 0 Å². The molecule has 0 bridgehead atoms. The lowest BCUT2D eigenvalue weighted by Crippen LogP contribution is -1.83. The van der Waals surface area contributed by atoms with Gasteiger partial charge in [0.1, 0.15) is 5.82 Å². The van der Waals surface area contributed by atoms with Crippen molar-refractivity contribution >= 4 is 15.9 Å². The van der Waals surface area contributed by atoms with Gasteiger partial charge in [-0.3, -0.25) is 0 Å². The van der Waals surface area contributed by atoms with Crippen LogP contribution >= 0.6 is 15.9 Å². The second kappa shape index (κ2) is 3.58. The molecule has 1 aromatic heterocycles. The highest BCUT2D eigenvalue weighted by Gasteiger charge is 2.05. The van der Waals surface area contributed by atoms with Gasteiger partial charge in [0.25, 0.3) is 0 Å². The van der Waals surface area contributed by atoms with Crippen LogP contribution in [0.2, 0.25) is 0 Å². The first kappa shape index (κ1) is 9.46. The van der Waals surface area contributed by atoms with Gasteiger partial charge in [-0.25, -0.2) is 4.98 Å². The summed E-state index contributed by atoms with van der Waals surface area (Å²) in [6, 6.07) is 6.24. The van der Waals surface area contributed by atoms with Gasteiger partial charge >= 0.3 is 0 Å². The first-order valence-electron chi connectivity index (χ1n) is 4.45. The van der Waals surface area contributed by atoms with Crippen molar-refractivity contribution in [3.05, 3.63) is 40.1 Å². The molecular formula is C11H11BrN2. The van der Waals surface area contributed by atoms with Gasteiger partial charge in [0, 0.05) is 21.9 Å². The summed E-state index contributed by atoms with van der Waals surface area (Å²) >= 11 is 3.53. The summed E-state index contributed by atoms with van der Waals surface area (Å²) in [6.07, 6.45) is 1.83. The summed E-state index contributed by atoms with van der Waals surface area (Å²) in [7, 11) is 0. The van der Waals surface area contributed by atoms with Crippen LogP contribution in [0.5, 0.6) is 0 Å². The number of halogens is 1. The van der Waals surface area contributed by atoms with Gasteiger partial charge in [-0.2, -0.15) is 0 Å². The largest absolute Gasteiger partial charge is 0.342 e. The summed E-state index contributed by atoms with van der Waals surface area (Å²) in [4.78, 5) is 7.50. The van der Waals surface area contributed by atoms with Crippen molar-refractivity contribution in [3.8, 4) is 11.4 Å². The average Bonchev–Trinajstić information content (AvgIpc) is 2.51. The van der Waals surface area contributed by atoms with Crippen LogP contribution in [0.1, 0.15) is 11.3 Å². The van der Waals surface area contributed by atoms with Gasteiger partial charge < -0.3 is 4.98 Å². The summed E-state index contributed by atoms with van der Waals surface area (Å²) in [5.41, 5.74) is 3.42. The van der Waals surface area contributed by atoms with E-state index in [2.05, 4.69) is 51.0 Å². The molecule has 2 rings (SSSR count). The minimum absolute atomic E-state index is 0.911. The van der Waals surface area contributed by atoms with E-state index in [0.717, 1.165) is 21.6 Å². The van der Waals surface area contributed by atoms with Crippen molar-refractivity contribution < 1.29 is 0 Å². The van der Waals surface area contributed by atoms with Crippen molar-refractivity contribution in [2.75, 3.05) is 0 Å². The highest BCUT2D eigenvalue weighted by molar-refractivity contribution is 9.10. The Labute approximate surface area is 91.5 Å². The predicted molar refractivity (Wildman–Crippen MR) is 61.2 cm³/mol. The Bertz CT molecular complexity index is 460. The maximum atomic E-state index is 4.29. The smallest absolute Gasteiger partial charge is 0.138 e. The zero-order valence-electron chi connectivity index (χ0n) is 8.13. The molecule has 0 amide bonds. The molecule has 0 unspecified atom stereocenters. The predicted octanol–water partition coefficient (Wildman–Crippen LogP) is 3.46. The van der Waals surface area contributed by atoms with Crippen LogP contribution in [0.3, 0.4) is 0 Å². The Kier molecular flexibility index (Phi) is 2.42. The Hall–Kier alpha value is -1.09.